The second-order valence-electron chi connectivity index (χ2n) is 4.29. The van der Waals surface area contributed by atoms with Crippen LogP contribution in [0.4, 0.5) is 11.4 Å². The van der Waals surface area contributed by atoms with E-state index in [9.17, 15) is 4.79 Å². The number of nitrogens with zero attached hydrogens (tertiary/aromatic N) is 1. The zero-order valence-electron chi connectivity index (χ0n) is 9.76. The van der Waals surface area contributed by atoms with Gasteiger partial charge in [0, 0.05) is 30.2 Å². The highest BCUT2D eigenvalue weighted by atomic mass is 16.2. The van der Waals surface area contributed by atoms with E-state index in [0.29, 0.717) is 6.42 Å². The number of rotatable bonds is 2. The minimum Gasteiger partial charge on any atom is -0.373 e. The van der Waals surface area contributed by atoms with Crippen molar-refractivity contribution in [2.75, 3.05) is 10.6 Å². The highest BCUT2D eigenvalue weighted by Crippen LogP contribution is 2.24. The normalized spacial score (nSPS) is 16.8. The van der Waals surface area contributed by atoms with E-state index in [1.54, 1.807) is 12.4 Å². The highest BCUT2D eigenvalue weighted by Gasteiger charge is 2.26. The molecule has 4 heteroatoms. The second kappa shape index (κ2) is 4.49. The summed E-state index contributed by atoms with van der Waals surface area (Å²) in [7, 11) is 0. The van der Waals surface area contributed by atoms with Gasteiger partial charge < -0.3 is 10.6 Å². The van der Waals surface area contributed by atoms with Crippen molar-refractivity contribution in [3.63, 3.8) is 0 Å². The van der Waals surface area contributed by atoms with Crippen molar-refractivity contribution in [3.8, 4) is 0 Å². The fourth-order valence-electron chi connectivity index (χ4n) is 2.10. The molecule has 3 rings (SSSR count). The molecular formula is C14H13N3O. The summed E-state index contributed by atoms with van der Waals surface area (Å²) >= 11 is 0. The van der Waals surface area contributed by atoms with Gasteiger partial charge in [0.25, 0.3) is 0 Å². The predicted molar refractivity (Wildman–Crippen MR) is 70.4 cm³/mol. The summed E-state index contributed by atoms with van der Waals surface area (Å²) < 4.78 is 0. The number of carbonyl (C=O) groups excluding carboxylic acids is 1. The molecule has 2 heterocycles. The third-order valence-corrected chi connectivity index (χ3v) is 3.02. The van der Waals surface area contributed by atoms with E-state index in [2.05, 4.69) is 15.6 Å². The van der Waals surface area contributed by atoms with Crippen LogP contribution in [0.25, 0.3) is 0 Å². The molecule has 2 N–H and O–H groups in total. The van der Waals surface area contributed by atoms with E-state index in [-0.39, 0.29) is 11.9 Å². The van der Waals surface area contributed by atoms with Gasteiger partial charge in [0.2, 0.25) is 5.91 Å². The number of anilines is 2. The molecule has 90 valence electrons. The lowest BCUT2D eigenvalue weighted by atomic mass is 10.1. The number of hydrogen-bond acceptors (Lipinski definition) is 3. The number of benzene rings is 1. The van der Waals surface area contributed by atoms with Gasteiger partial charge in [-0.15, -0.1) is 0 Å². The Bertz CT molecular complexity index is 543. The van der Waals surface area contributed by atoms with Gasteiger partial charge in [-0.3, -0.25) is 9.78 Å². The zero-order valence-corrected chi connectivity index (χ0v) is 9.76. The molecule has 1 amide bonds. The molecule has 2 aromatic rings. The van der Waals surface area contributed by atoms with Crippen molar-refractivity contribution in [2.24, 2.45) is 0 Å². The summed E-state index contributed by atoms with van der Waals surface area (Å²) in [4.78, 5) is 16.2. The summed E-state index contributed by atoms with van der Waals surface area (Å²) in [6, 6.07) is 11.1. The van der Waals surface area contributed by atoms with Gasteiger partial charge in [0.1, 0.15) is 6.04 Å². The van der Waals surface area contributed by atoms with E-state index < -0.39 is 0 Å². The first kappa shape index (κ1) is 10.8. The Balaban J connectivity index is 1.70. The maximum atomic E-state index is 12.1. The first-order valence-corrected chi connectivity index (χ1v) is 5.88. The number of carbonyl (C=O) groups is 1. The van der Waals surface area contributed by atoms with Crippen LogP contribution < -0.4 is 10.6 Å². The molecule has 0 bridgehead atoms. The Kier molecular flexibility index (Phi) is 2.68. The van der Waals surface area contributed by atoms with E-state index in [4.69, 9.17) is 0 Å². The summed E-state index contributed by atoms with van der Waals surface area (Å²) in [5.41, 5.74) is 2.90. The number of amides is 1. The van der Waals surface area contributed by atoms with Crippen LogP contribution in [0, 0.1) is 0 Å². The zero-order chi connectivity index (χ0) is 12.4. The van der Waals surface area contributed by atoms with Gasteiger partial charge in [-0.1, -0.05) is 18.2 Å². The van der Waals surface area contributed by atoms with Gasteiger partial charge in [0.15, 0.2) is 0 Å². The van der Waals surface area contributed by atoms with Crippen molar-refractivity contribution in [3.05, 3.63) is 54.4 Å². The highest BCUT2D eigenvalue weighted by molar-refractivity contribution is 5.97. The number of aromatic nitrogens is 1. The van der Waals surface area contributed by atoms with E-state index in [0.717, 1.165) is 16.9 Å². The molecule has 1 aromatic carbocycles. The Hall–Kier alpha value is -2.36. The lowest BCUT2D eigenvalue weighted by molar-refractivity contribution is -0.116. The van der Waals surface area contributed by atoms with Crippen LogP contribution >= 0.6 is 0 Å². The Morgan fingerprint density at radius 3 is 2.89 bits per heavy atom. The van der Waals surface area contributed by atoms with Crippen LogP contribution in [0.5, 0.6) is 0 Å². The van der Waals surface area contributed by atoms with E-state index in [1.807, 2.05) is 36.4 Å². The van der Waals surface area contributed by atoms with Gasteiger partial charge in [-0.05, 0) is 23.8 Å². The Labute approximate surface area is 105 Å². The number of para-hydroxylation sites is 1. The van der Waals surface area contributed by atoms with Gasteiger partial charge in [-0.25, -0.2) is 0 Å². The number of nitrogens with one attached hydrogen (secondary N) is 2. The Morgan fingerprint density at radius 2 is 2.11 bits per heavy atom. The number of fused-ring (bicyclic) bond motifs is 1. The minimum absolute atomic E-state index is 0.0163. The molecule has 18 heavy (non-hydrogen) atoms. The monoisotopic (exact) mass is 239 g/mol. The van der Waals surface area contributed by atoms with Crippen LogP contribution in [0.15, 0.2) is 48.8 Å². The van der Waals surface area contributed by atoms with Crippen LogP contribution in [0.3, 0.4) is 0 Å². The lowest BCUT2D eigenvalue weighted by Crippen LogP contribution is -2.32. The predicted octanol–water partition coefficient (Wildman–Crippen LogP) is 2.06. The van der Waals surface area contributed by atoms with Crippen molar-refractivity contribution in [1.82, 2.24) is 4.98 Å². The molecule has 0 spiro atoms. The smallest absolute Gasteiger partial charge is 0.247 e. The molecule has 0 saturated carbocycles. The minimum atomic E-state index is -0.218. The molecule has 4 nitrogen and oxygen atoms in total. The quantitative estimate of drug-likeness (QED) is 0.843. The standard InChI is InChI=1S/C14H13N3O/c18-14(16-11-4-2-1-3-5-11)13-8-10-9-15-7-6-12(10)17-13/h1-7,9,13,17H,8H2,(H,16,18). The van der Waals surface area contributed by atoms with Gasteiger partial charge in [-0.2, -0.15) is 0 Å². The number of hydrogen-bond donors (Lipinski definition) is 2. The van der Waals surface area contributed by atoms with Crippen molar-refractivity contribution in [2.45, 2.75) is 12.5 Å². The third kappa shape index (κ3) is 2.05. The summed E-state index contributed by atoms with van der Waals surface area (Å²) in [5, 5.41) is 6.10. The summed E-state index contributed by atoms with van der Waals surface area (Å²) in [6.07, 6.45) is 4.21. The van der Waals surface area contributed by atoms with Crippen LogP contribution in [0.2, 0.25) is 0 Å². The molecule has 1 aliphatic heterocycles. The van der Waals surface area contributed by atoms with E-state index >= 15 is 0 Å². The second-order valence-corrected chi connectivity index (χ2v) is 4.29. The summed E-state index contributed by atoms with van der Waals surface area (Å²) in [6.45, 7) is 0. The number of pyridine rings is 1. The Morgan fingerprint density at radius 1 is 1.28 bits per heavy atom. The first-order valence-electron chi connectivity index (χ1n) is 5.88. The molecule has 1 aromatic heterocycles. The van der Waals surface area contributed by atoms with Crippen LogP contribution in [-0.4, -0.2) is 16.9 Å². The fourth-order valence-corrected chi connectivity index (χ4v) is 2.10. The summed E-state index contributed by atoms with van der Waals surface area (Å²) in [5.74, 6) is -0.0163. The van der Waals surface area contributed by atoms with Crippen LogP contribution in [0.1, 0.15) is 5.56 Å². The average Bonchev–Trinajstić information content (AvgIpc) is 2.84. The molecule has 1 atom stereocenters. The average molecular weight is 239 g/mol. The largest absolute Gasteiger partial charge is 0.373 e. The molecule has 1 unspecified atom stereocenters. The topological polar surface area (TPSA) is 54.0 Å². The molecule has 1 aliphatic rings. The SMILES string of the molecule is O=C(Nc1ccccc1)C1Cc2cnccc2N1. The maximum Gasteiger partial charge on any atom is 0.247 e. The molecule has 0 radical (unpaired) electrons. The lowest BCUT2D eigenvalue weighted by Gasteiger charge is -2.11. The first-order chi connectivity index (χ1) is 8.83. The fraction of sp³-hybridized carbons (Fsp3) is 0.143. The van der Waals surface area contributed by atoms with Crippen LogP contribution in [-0.2, 0) is 11.2 Å². The van der Waals surface area contributed by atoms with E-state index in [1.165, 1.54) is 0 Å². The van der Waals surface area contributed by atoms with Crippen molar-refractivity contribution < 1.29 is 4.79 Å². The van der Waals surface area contributed by atoms with Gasteiger partial charge in [0.05, 0.1) is 0 Å². The molecule has 0 fully saturated rings. The van der Waals surface area contributed by atoms with Crippen molar-refractivity contribution in [1.29, 1.82) is 0 Å². The molecule has 0 aliphatic carbocycles. The van der Waals surface area contributed by atoms with Gasteiger partial charge >= 0.3 is 0 Å². The maximum absolute atomic E-state index is 12.1. The molecule has 0 saturated heterocycles. The third-order valence-electron chi connectivity index (χ3n) is 3.02. The molecular weight excluding hydrogens is 226 g/mol. The van der Waals surface area contributed by atoms with Crippen molar-refractivity contribution >= 4 is 17.3 Å².